The van der Waals surface area contributed by atoms with Crippen LogP contribution in [0, 0.1) is 6.92 Å². The van der Waals surface area contributed by atoms with Crippen molar-refractivity contribution < 1.29 is 9.47 Å². The van der Waals surface area contributed by atoms with Crippen molar-refractivity contribution in [3.63, 3.8) is 0 Å². The smallest absolute Gasteiger partial charge is 0.225 e. The number of hydrogen-bond acceptors (Lipinski definition) is 8. The van der Waals surface area contributed by atoms with Crippen molar-refractivity contribution in [2.45, 2.75) is 13.3 Å². The zero-order valence-electron chi connectivity index (χ0n) is 19.7. The molecule has 1 aliphatic heterocycles. The number of aromatic nitrogens is 4. The van der Waals surface area contributed by atoms with Gasteiger partial charge in [-0.3, -0.25) is 0 Å². The van der Waals surface area contributed by atoms with Gasteiger partial charge in [0.2, 0.25) is 5.95 Å². The molecule has 2 aromatic carbocycles. The van der Waals surface area contributed by atoms with Gasteiger partial charge in [0, 0.05) is 56.4 Å². The summed E-state index contributed by atoms with van der Waals surface area (Å²) in [5, 5.41) is 0.949. The molecule has 5 rings (SSSR count). The Balaban J connectivity index is 1.27. The van der Waals surface area contributed by atoms with Crippen LogP contribution in [0.5, 0.6) is 11.5 Å². The van der Waals surface area contributed by atoms with Gasteiger partial charge in [-0.1, -0.05) is 29.8 Å². The topological polar surface area (TPSA) is 76.5 Å². The fourth-order valence-electron chi connectivity index (χ4n) is 4.28. The molecule has 8 nitrogen and oxygen atoms in total. The first-order valence-electron chi connectivity index (χ1n) is 11.4. The number of rotatable bonds is 6. The van der Waals surface area contributed by atoms with Gasteiger partial charge in [-0.25, -0.2) is 19.9 Å². The van der Waals surface area contributed by atoms with E-state index in [9.17, 15) is 0 Å². The fraction of sp³-hybridized carbons (Fsp3) is 0.308. The molecule has 4 aromatic rings. The third-order valence-corrected chi connectivity index (χ3v) is 6.20. The SMILES string of the molecule is COc1cc2ncnc(N3CCN(c4ncc(Cc5ccc(C)cc5)cn4)CC3)c2cc1OC. The van der Waals surface area contributed by atoms with Crippen molar-refractivity contribution in [3.05, 3.63) is 71.8 Å². The Morgan fingerprint density at radius 1 is 0.765 bits per heavy atom. The minimum Gasteiger partial charge on any atom is -0.493 e. The van der Waals surface area contributed by atoms with Crippen LogP contribution in [-0.2, 0) is 6.42 Å². The maximum absolute atomic E-state index is 5.49. The van der Waals surface area contributed by atoms with E-state index in [1.165, 1.54) is 11.1 Å². The van der Waals surface area contributed by atoms with Gasteiger partial charge >= 0.3 is 0 Å². The number of methoxy groups -OCH3 is 2. The molecule has 0 amide bonds. The van der Waals surface area contributed by atoms with E-state index in [1.807, 2.05) is 24.5 Å². The number of anilines is 2. The highest BCUT2D eigenvalue weighted by Crippen LogP contribution is 2.35. The van der Waals surface area contributed by atoms with E-state index in [1.54, 1.807) is 20.5 Å². The highest BCUT2D eigenvalue weighted by molar-refractivity contribution is 5.92. The summed E-state index contributed by atoms with van der Waals surface area (Å²) in [6.07, 6.45) is 6.31. The Morgan fingerprint density at radius 2 is 1.41 bits per heavy atom. The number of nitrogens with zero attached hydrogens (tertiary/aromatic N) is 6. The third-order valence-electron chi connectivity index (χ3n) is 6.20. The zero-order valence-corrected chi connectivity index (χ0v) is 19.7. The van der Waals surface area contributed by atoms with Gasteiger partial charge in [0.15, 0.2) is 11.5 Å². The Labute approximate surface area is 199 Å². The first-order valence-corrected chi connectivity index (χ1v) is 11.4. The van der Waals surface area contributed by atoms with Crippen LogP contribution < -0.4 is 19.3 Å². The van der Waals surface area contributed by atoms with Crippen molar-refractivity contribution in [2.24, 2.45) is 0 Å². The van der Waals surface area contributed by atoms with Crippen LogP contribution in [-0.4, -0.2) is 60.3 Å². The van der Waals surface area contributed by atoms with E-state index >= 15 is 0 Å². The van der Waals surface area contributed by atoms with Crippen LogP contribution >= 0.6 is 0 Å². The first-order chi connectivity index (χ1) is 16.6. The monoisotopic (exact) mass is 456 g/mol. The van der Waals surface area contributed by atoms with E-state index < -0.39 is 0 Å². The van der Waals surface area contributed by atoms with Crippen molar-refractivity contribution in [3.8, 4) is 11.5 Å². The van der Waals surface area contributed by atoms with E-state index in [4.69, 9.17) is 9.47 Å². The molecule has 2 aromatic heterocycles. The van der Waals surface area contributed by atoms with Crippen molar-refractivity contribution in [1.29, 1.82) is 0 Å². The second-order valence-electron chi connectivity index (χ2n) is 8.45. The number of benzene rings is 2. The minimum atomic E-state index is 0.660. The van der Waals surface area contributed by atoms with Crippen LogP contribution in [0.4, 0.5) is 11.8 Å². The Hall–Kier alpha value is -3.94. The quantitative estimate of drug-likeness (QED) is 0.435. The van der Waals surface area contributed by atoms with Gasteiger partial charge in [0.1, 0.15) is 12.1 Å². The number of hydrogen-bond donors (Lipinski definition) is 0. The predicted molar refractivity (Wildman–Crippen MR) is 133 cm³/mol. The van der Waals surface area contributed by atoms with Gasteiger partial charge in [-0.05, 0) is 24.1 Å². The molecular formula is C26H28N6O2. The molecule has 0 aliphatic carbocycles. The molecule has 0 saturated carbocycles. The molecule has 8 heteroatoms. The van der Waals surface area contributed by atoms with E-state index in [-0.39, 0.29) is 0 Å². The van der Waals surface area contributed by atoms with E-state index in [0.29, 0.717) is 11.5 Å². The van der Waals surface area contributed by atoms with Crippen LogP contribution in [0.1, 0.15) is 16.7 Å². The van der Waals surface area contributed by atoms with Crippen LogP contribution in [0.25, 0.3) is 10.9 Å². The highest BCUT2D eigenvalue weighted by atomic mass is 16.5. The molecule has 1 aliphatic rings. The summed E-state index contributed by atoms with van der Waals surface area (Å²) in [4.78, 5) is 22.8. The molecule has 0 bridgehead atoms. The maximum Gasteiger partial charge on any atom is 0.225 e. The first kappa shape index (κ1) is 21.9. The van der Waals surface area contributed by atoms with Gasteiger partial charge in [0.25, 0.3) is 0 Å². The molecule has 0 spiro atoms. The van der Waals surface area contributed by atoms with Gasteiger partial charge in [-0.15, -0.1) is 0 Å². The lowest BCUT2D eigenvalue weighted by Crippen LogP contribution is -2.47. The van der Waals surface area contributed by atoms with Crippen LogP contribution in [0.2, 0.25) is 0 Å². The summed E-state index contributed by atoms with van der Waals surface area (Å²) >= 11 is 0. The summed E-state index contributed by atoms with van der Waals surface area (Å²) < 4.78 is 10.9. The Morgan fingerprint density at radius 3 is 2.09 bits per heavy atom. The van der Waals surface area contributed by atoms with Gasteiger partial charge < -0.3 is 19.3 Å². The summed E-state index contributed by atoms with van der Waals surface area (Å²) in [6.45, 7) is 5.36. The average Bonchev–Trinajstić information content (AvgIpc) is 2.89. The standard InChI is InChI=1S/C26H28N6O2/c1-18-4-6-19(7-5-18)12-20-15-27-26(28-16-20)32-10-8-31(9-11-32)25-21-13-23(33-2)24(34-3)14-22(21)29-17-30-25/h4-7,13-17H,8-12H2,1-3H3. The molecule has 1 saturated heterocycles. The predicted octanol–water partition coefficient (Wildman–Crippen LogP) is 3.66. The number of aryl methyl sites for hydroxylation is 1. The molecule has 174 valence electrons. The second-order valence-corrected chi connectivity index (χ2v) is 8.45. The van der Waals surface area contributed by atoms with Gasteiger partial charge in [-0.2, -0.15) is 0 Å². The van der Waals surface area contributed by atoms with E-state index in [0.717, 1.165) is 60.8 Å². The average molecular weight is 457 g/mol. The molecule has 0 unspecified atom stereocenters. The fourth-order valence-corrected chi connectivity index (χ4v) is 4.28. The van der Waals surface area contributed by atoms with Crippen molar-refractivity contribution in [1.82, 2.24) is 19.9 Å². The second kappa shape index (κ2) is 9.51. The summed E-state index contributed by atoms with van der Waals surface area (Å²) in [5.41, 5.74) is 4.48. The molecule has 3 heterocycles. The molecular weight excluding hydrogens is 428 g/mol. The highest BCUT2D eigenvalue weighted by Gasteiger charge is 2.22. The van der Waals surface area contributed by atoms with Crippen LogP contribution in [0.3, 0.4) is 0 Å². The van der Waals surface area contributed by atoms with Gasteiger partial charge in [0.05, 0.1) is 19.7 Å². The lowest BCUT2D eigenvalue weighted by molar-refractivity contribution is 0.356. The van der Waals surface area contributed by atoms with E-state index in [2.05, 4.69) is 60.9 Å². The minimum absolute atomic E-state index is 0.660. The maximum atomic E-state index is 5.49. The molecule has 0 N–H and O–H groups in total. The Kier molecular flexibility index (Phi) is 6.12. The normalized spacial score (nSPS) is 13.9. The lowest BCUT2D eigenvalue weighted by Gasteiger charge is -2.35. The van der Waals surface area contributed by atoms with Crippen molar-refractivity contribution >= 4 is 22.7 Å². The summed E-state index contributed by atoms with van der Waals surface area (Å²) in [7, 11) is 3.26. The number of ether oxygens (including phenoxy) is 2. The summed E-state index contributed by atoms with van der Waals surface area (Å²) in [6, 6.07) is 12.4. The third kappa shape index (κ3) is 4.44. The number of piperazine rings is 1. The molecule has 1 fully saturated rings. The lowest BCUT2D eigenvalue weighted by atomic mass is 10.1. The van der Waals surface area contributed by atoms with Crippen molar-refractivity contribution in [2.75, 3.05) is 50.2 Å². The largest absolute Gasteiger partial charge is 0.493 e. The summed E-state index contributed by atoms with van der Waals surface area (Å²) in [5.74, 6) is 3.00. The zero-order chi connectivity index (χ0) is 23.5. The molecule has 0 atom stereocenters. The van der Waals surface area contributed by atoms with Crippen LogP contribution in [0.15, 0.2) is 55.1 Å². The molecule has 34 heavy (non-hydrogen) atoms. The number of fused-ring (bicyclic) bond motifs is 1. The molecule has 0 radical (unpaired) electrons. The Bertz CT molecular complexity index is 1270.